The molecule has 4 rings (SSSR count). The van der Waals surface area contributed by atoms with E-state index in [0.717, 1.165) is 22.6 Å². The summed E-state index contributed by atoms with van der Waals surface area (Å²) in [5.41, 5.74) is 4.00. The molecule has 2 aromatic carbocycles. The third kappa shape index (κ3) is 3.51. The summed E-state index contributed by atoms with van der Waals surface area (Å²) >= 11 is 7.57. The number of benzene rings is 2. The van der Waals surface area contributed by atoms with E-state index in [-0.39, 0.29) is 0 Å². The van der Waals surface area contributed by atoms with Crippen LogP contribution in [0.1, 0.15) is 16.8 Å². The highest BCUT2D eigenvalue weighted by atomic mass is 35.5. The number of thiazole rings is 1. The predicted octanol–water partition coefficient (Wildman–Crippen LogP) is 5.11. The molecule has 0 radical (unpaired) electrons. The number of methoxy groups -OCH3 is 1. The van der Waals surface area contributed by atoms with Crippen LogP contribution in [0.3, 0.4) is 0 Å². The van der Waals surface area contributed by atoms with Gasteiger partial charge in [0.2, 0.25) is 6.29 Å². The molecule has 2 heterocycles. The summed E-state index contributed by atoms with van der Waals surface area (Å²) in [6, 6.07) is 11.3. The first-order chi connectivity index (χ1) is 13.0. The van der Waals surface area contributed by atoms with E-state index >= 15 is 0 Å². The molecular weight excluding hydrogens is 384 g/mol. The molecule has 1 aromatic heterocycles. The van der Waals surface area contributed by atoms with Crippen molar-refractivity contribution >= 4 is 45.4 Å². The van der Waals surface area contributed by atoms with E-state index in [4.69, 9.17) is 21.1 Å². The fourth-order valence-corrected chi connectivity index (χ4v) is 3.83. The summed E-state index contributed by atoms with van der Waals surface area (Å²) in [5, 5.41) is 16.7. The number of anilines is 2. The first kappa shape index (κ1) is 17.9. The van der Waals surface area contributed by atoms with Crippen molar-refractivity contribution in [3.63, 3.8) is 0 Å². The highest BCUT2D eigenvalue weighted by Gasteiger charge is 2.25. The highest BCUT2D eigenvalue weighted by molar-refractivity contribution is 7.13. The number of aliphatic hydroxyl groups excluding tert-OH is 1. The van der Waals surface area contributed by atoms with E-state index < -0.39 is 6.29 Å². The summed E-state index contributed by atoms with van der Waals surface area (Å²) in [6.45, 7) is 2.01. The quantitative estimate of drug-likeness (QED) is 0.637. The van der Waals surface area contributed by atoms with Crippen LogP contribution in [0.4, 0.5) is 10.8 Å². The van der Waals surface area contributed by atoms with Crippen molar-refractivity contribution in [3.8, 4) is 11.5 Å². The van der Waals surface area contributed by atoms with E-state index in [1.54, 1.807) is 13.2 Å². The van der Waals surface area contributed by atoms with Crippen LogP contribution < -0.4 is 14.8 Å². The van der Waals surface area contributed by atoms with Gasteiger partial charge in [0.15, 0.2) is 5.13 Å². The highest BCUT2D eigenvalue weighted by Crippen LogP contribution is 2.39. The van der Waals surface area contributed by atoms with Gasteiger partial charge in [-0.15, -0.1) is 11.3 Å². The minimum absolute atomic E-state index is 0.467. The van der Waals surface area contributed by atoms with Crippen molar-refractivity contribution < 1.29 is 14.6 Å². The van der Waals surface area contributed by atoms with Crippen LogP contribution in [0, 0.1) is 6.92 Å². The molecule has 27 heavy (non-hydrogen) atoms. The number of halogens is 1. The largest absolute Gasteiger partial charge is 0.495 e. The van der Waals surface area contributed by atoms with Crippen LogP contribution >= 0.6 is 22.9 Å². The Morgan fingerprint density at radius 1 is 1.30 bits per heavy atom. The molecule has 0 saturated heterocycles. The maximum absolute atomic E-state index is 10.4. The number of ether oxygens (including phenoxy) is 2. The van der Waals surface area contributed by atoms with Crippen LogP contribution in [0.5, 0.6) is 11.5 Å². The molecular formula is C20H17ClN2O3S. The third-order valence-corrected chi connectivity index (χ3v) is 5.26. The maximum Gasteiger partial charge on any atom is 0.226 e. The summed E-state index contributed by atoms with van der Waals surface area (Å²) in [7, 11) is 1.63. The molecule has 1 unspecified atom stereocenters. The minimum atomic E-state index is -1.12. The van der Waals surface area contributed by atoms with E-state index in [1.807, 2.05) is 48.7 Å². The number of hydrogen-bond donors (Lipinski definition) is 2. The first-order valence-electron chi connectivity index (χ1n) is 8.27. The zero-order chi connectivity index (χ0) is 19.0. The maximum atomic E-state index is 10.4. The van der Waals surface area contributed by atoms with Crippen molar-refractivity contribution in [2.75, 3.05) is 12.4 Å². The molecule has 0 bridgehead atoms. The van der Waals surface area contributed by atoms with Crippen LogP contribution in [-0.2, 0) is 0 Å². The number of nitrogens with zero attached hydrogens (tertiary/aromatic N) is 1. The van der Waals surface area contributed by atoms with Crippen LogP contribution in [0.15, 0.2) is 41.8 Å². The monoisotopic (exact) mass is 400 g/mol. The number of fused-ring (bicyclic) bond motifs is 1. The number of nitrogens with one attached hydrogen (secondary N) is 1. The molecule has 1 atom stereocenters. The second-order valence-corrected chi connectivity index (χ2v) is 7.36. The van der Waals surface area contributed by atoms with Gasteiger partial charge < -0.3 is 19.9 Å². The Bertz CT molecular complexity index is 1030. The van der Waals surface area contributed by atoms with E-state index in [9.17, 15) is 5.11 Å². The lowest BCUT2D eigenvalue weighted by molar-refractivity contribution is 0.0319. The average Bonchev–Trinajstić information content (AvgIpc) is 3.10. The summed E-state index contributed by atoms with van der Waals surface area (Å²) in [5.74, 6) is 1.22. The lowest BCUT2D eigenvalue weighted by atomic mass is 10.0. The molecule has 2 N–H and O–H groups in total. The second kappa shape index (κ2) is 7.23. The minimum Gasteiger partial charge on any atom is -0.495 e. The van der Waals surface area contributed by atoms with Crippen molar-refractivity contribution in [1.29, 1.82) is 0 Å². The number of para-hydroxylation sites is 1. The van der Waals surface area contributed by atoms with Crippen LogP contribution in [-0.4, -0.2) is 23.5 Å². The Labute approximate surface area is 165 Å². The molecule has 138 valence electrons. The van der Waals surface area contributed by atoms with Crippen molar-refractivity contribution in [2.24, 2.45) is 0 Å². The Morgan fingerprint density at radius 2 is 2.15 bits per heavy atom. The fourth-order valence-electron chi connectivity index (χ4n) is 2.88. The molecule has 1 aliphatic heterocycles. The fraction of sp³-hybridized carbons (Fsp3) is 0.150. The predicted molar refractivity (Wildman–Crippen MR) is 109 cm³/mol. The molecule has 1 aliphatic rings. The number of aryl methyl sites for hydroxylation is 1. The molecule has 7 heteroatoms. The van der Waals surface area contributed by atoms with Gasteiger partial charge in [0, 0.05) is 16.5 Å². The second-order valence-electron chi connectivity index (χ2n) is 6.09. The Kier molecular flexibility index (Phi) is 4.78. The van der Waals surface area contributed by atoms with E-state index in [1.165, 1.54) is 11.3 Å². The topological polar surface area (TPSA) is 63.6 Å². The summed E-state index contributed by atoms with van der Waals surface area (Å²) in [4.78, 5) is 4.59. The molecule has 0 spiro atoms. The zero-order valence-electron chi connectivity index (χ0n) is 14.7. The van der Waals surface area contributed by atoms with Gasteiger partial charge in [-0.2, -0.15) is 0 Å². The number of rotatable bonds is 4. The van der Waals surface area contributed by atoms with E-state index in [2.05, 4.69) is 10.3 Å². The summed E-state index contributed by atoms with van der Waals surface area (Å²) in [6.07, 6.45) is 0.724. The van der Waals surface area contributed by atoms with Crippen LogP contribution in [0.2, 0.25) is 5.02 Å². The number of aromatic nitrogens is 1. The smallest absolute Gasteiger partial charge is 0.226 e. The molecule has 0 saturated carbocycles. The molecule has 0 amide bonds. The normalized spacial score (nSPS) is 15.6. The van der Waals surface area contributed by atoms with Gasteiger partial charge in [-0.1, -0.05) is 29.8 Å². The van der Waals surface area contributed by atoms with Crippen molar-refractivity contribution in [1.82, 2.24) is 4.98 Å². The van der Waals surface area contributed by atoms with Gasteiger partial charge in [-0.25, -0.2) is 4.98 Å². The lowest BCUT2D eigenvalue weighted by Crippen LogP contribution is -2.21. The Morgan fingerprint density at radius 3 is 2.96 bits per heavy atom. The van der Waals surface area contributed by atoms with Gasteiger partial charge in [0.05, 0.1) is 23.5 Å². The molecule has 3 aromatic rings. The van der Waals surface area contributed by atoms with Crippen molar-refractivity contribution in [2.45, 2.75) is 13.2 Å². The lowest BCUT2D eigenvalue weighted by Gasteiger charge is -2.23. The van der Waals surface area contributed by atoms with Crippen molar-refractivity contribution in [3.05, 3.63) is 63.6 Å². The van der Waals surface area contributed by atoms with E-state index in [0.29, 0.717) is 27.2 Å². The van der Waals surface area contributed by atoms with Gasteiger partial charge >= 0.3 is 0 Å². The average molecular weight is 401 g/mol. The Hall–Kier alpha value is -2.54. The zero-order valence-corrected chi connectivity index (χ0v) is 16.3. The van der Waals surface area contributed by atoms with Crippen LogP contribution in [0.25, 0.3) is 11.6 Å². The molecule has 0 fully saturated rings. The number of aliphatic hydroxyl groups is 1. The summed E-state index contributed by atoms with van der Waals surface area (Å²) < 4.78 is 11.0. The molecule has 0 aliphatic carbocycles. The van der Waals surface area contributed by atoms with Gasteiger partial charge in [0.1, 0.15) is 11.5 Å². The van der Waals surface area contributed by atoms with Gasteiger partial charge in [0.25, 0.3) is 0 Å². The van der Waals surface area contributed by atoms with Gasteiger partial charge in [-0.3, -0.25) is 0 Å². The van der Waals surface area contributed by atoms with Gasteiger partial charge in [-0.05, 0) is 36.8 Å². The first-order valence-corrected chi connectivity index (χ1v) is 9.53. The molecule has 5 nitrogen and oxygen atoms in total. The third-order valence-electron chi connectivity index (χ3n) is 4.20. The standard InChI is InChI=1S/C20H17ClN2O3S/c1-11-6-7-17(25-2)15(8-11)22-20-23-16(10-27-20)13-9-12-4-3-5-14(21)18(12)26-19(13)24/h3-10,19,24H,1-2H3,(H,22,23). The Balaban J connectivity index is 1.64. The number of hydrogen-bond acceptors (Lipinski definition) is 6. The SMILES string of the molecule is COc1ccc(C)cc1Nc1nc(C2=Cc3cccc(Cl)c3OC2O)cs1.